The van der Waals surface area contributed by atoms with Crippen molar-refractivity contribution in [1.82, 2.24) is 0 Å². The van der Waals surface area contributed by atoms with E-state index < -0.39 is 0 Å². The summed E-state index contributed by atoms with van der Waals surface area (Å²) in [6, 6.07) is 10.2. The van der Waals surface area contributed by atoms with Gasteiger partial charge in [0.15, 0.2) is 0 Å². The maximum atomic E-state index is 8.50. The van der Waals surface area contributed by atoms with Gasteiger partial charge >= 0.3 is 0 Å². The summed E-state index contributed by atoms with van der Waals surface area (Å²) < 4.78 is 5.50. The van der Waals surface area contributed by atoms with Crippen LogP contribution in [0.2, 0.25) is 0 Å². The van der Waals surface area contributed by atoms with Gasteiger partial charge in [0, 0.05) is 6.61 Å². The molecule has 1 N–H and O–H groups in total. The number of benzene rings is 1. The molecule has 0 atom stereocenters. The van der Waals surface area contributed by atoms with Crippen molar-refractivity contribution in [3.63, 3.8) is 0 Å². The Hall–Kier alpha value is -1.12. The first-order chi connectivity index (χ1) is 7.43. The molecule has 0 aromatic heterocycles. The van der Waals surface area contributed by atoms with Crippen LogP contribution in [-0.2, 0) is 11.3 Å². The first kappa shape index (κ1) is 12.0. The standard InChI is InChI=1S/C13H18O2/c14-10-6-1-2-7-11-15-12-13-8-4-3-5-9-13/h1,3-6,8-9,14H,2,7,10-12H2. The molecule has 0 saturated carbocycles. The van der Waals surface area contributed by atoms with Crippen LogP contribution < -0.4 is 0 Å². The molecule has 0 unspecified atom stereocenters. The van der Waals surface area contributed by atoms with Gasteiger partial charge in [-0.2, -0.15) is 0 Å². The maximum absolute atomic E-state index is 8.50. The van der Waals surface area contributed by atoms with Gasteiger partial charge in [-0.15, -0.1) is 0 Å². The minimum atomic E-state index is 0.130. The Morgan fingerprint density at radius 2 is 1.93 bits per heavy atom. The van der Waals surface area contributed by atoms with Crippen molar-refractivity contribution in [3.8, 4) is 0 Å². The number of hydrogen-bond acceptors (Lipinski definition) is 2. The molecule has 1 aromatic carbocycles. The van der Waals surface area contributed by atoms with Gasteiger partial charge in [0.05, 0.1) is 13.2 Å². The van der Waals surface area contributed by atoms with Gasteiger partial charge in [-0.05, 0) is 18.4 Å². The summed E-state index contributed by atoms with van der Waals surface area (Å²) in [5.74, 6) is 0. The molecule has 1 aromatic rings. The number of ether oxygens (including phenoxy) is 1. The van der Waals surface area contributed by atoms with E-state index >= 15 is 0 Å². The Bertz CT molecular complexity index is 267. The third-order valence-electron chi connectivity index (χ3n) is 2.04. The van der Waals surface area contributed by atoms with Crippen LogP contribution in [0.25, 0.3) is 0 Å². The summed E-state index contributed by atoms with van der Waals surface area (Å²) in [5.41, 5.74) is 1.21. The fourth-order valence-corrected chi connectivity index (χ4v) is 1.26. The van der Waals surface area contributed by atoms with Crippen molar-refractivity contribution in [2.24, 2.45) is 0 Å². The van der Waals surface area contributed by atoms with Crippen molar-refractivity contribution in [3.05, 3.63) is 48.0 Å². The monoisotopic (exact) mass is 206 g/mol. The molecular formula is C13H18O2. The molecule has 82 valence electrons. The van der Waals surface area contributed by atoms with Gasteiger partial charge in [0.2, 0.25) is 0 Å². The molecule has 0 spiro atoms. The van der Waals surface area contributed by atoms with Gasteiger partial charge in [0.1, 0.15) is 0 Å². The van der Waals surface area contributed by atoms with Gasteiger partial charge < -0.3 is 9.84 Å². The second-order valence-corrected chi connectivity index (χ2v) is 3.33. The zero-order valence-corrected chi connectivity index (χ0v) is 8.93. The summed E-state index contributed by atoms with van der Waals surface area (Å²) in [5, 5.41) is 8.50. The Morgan fingerprint density at radius 3 is 2.67 bits per heavy atom. The summed E-state index contributed by atoms with van der Waals surface area (Å²) in [6.07, 6.45) is 5.71. The van der Waals surface area contributed by atoms with E-state index in [0.29, 0.717) is 6.61 Å². The lowest BCUT2D eigenvalue weighted by molar-refractivity contribution is 0.119. The summed E-state index contributed by atoms with van der Waals surface area (Å²) >= 11 is 0. The van der Waals surface area contributed by atoms with Crippen molar-refractivity contribution >= 4 is 0 Å². The molecular weight excluding hydrogens is 188 g/mol. The molecule has 0 radical (unpaired) electrons. The topological polar surface area (TPSA) is 29.5 Å². The van der Waals surface area contributed by atoms with Crippen LogP contribution in [0.4, 0.5) is 0 Å². The highest BCUT2D eigenvalue weighted by molar-refractivity contribution is 5.13. The second kappa shape index (κ2) is 8.21. The van der Waals surface area contributed by atoms with Crippen LogP contribution in [0.3, 0.4) is 0 Å². The van der Waals surface area contributed by atoms with Gasteiger partial charge in [0.25, 0.3) is 0 Å². The van der Waals surface area contributed by atoms with E-state index in [4.69, 9.17) is 9.84 Å². The van der Waals surface area contributed by atoms with Crippen molar-refractivity contribution < 1.29 is 9.84 Å². The average Bonchev–Trinajstić information content (AvgIpc) is 2.29. The summed E-state index contributed by atoms with van der Waals surface area (Å²) in [4.78, 5) is 0. The molecule has 1 rings (SSSR count). The molecule has 0 aliphatic rings. The lowest BCUT2D eigenvalue weighted by Crippen LogP contribution is -1.94. The zero-order valence-electron chi connectivity index (χ0n) is 8.93. The second-order valence-electron chi connectivity index (χ2n) is 3.33. The van der Waals surface area contributed by atoms with Gasteiger partial charge in [-0.3, -0.25) is 0 Å². The van der Waals surface area contributed by atoms with E-state index in [1.54, 1.807) is 6.08 Å². The number of aliphatic hydroxyl groups is 1. The minimum Gasteiger partial charge on any atom is -0.392 e. The Balaban J connectivity index is 2.00. The molecule has 2 heteroatoms. The first-order valence-electron chi connectivity index (χ1n) is 5.31. The van der Waals surface area contributed by atoms with Crippen LogP contribution in [0.15, 0.2) is 42.5 Å². The number of aliphatic hydroxyl groups excluding tert-OH is 1. The highest BCUT2D eigenvalue weighted by Gasteiger charge is 1.90. The lowest BCUT2D eigenvalue weighted by atomic mass is 10.2. The maximum Gasteiger partial charge on any atom is 0.0716 e. The molecule has 15 heavy (non-hydrogen) atoms. The molecule has 0 bridgehead atoms. The lowest BCUT2D eigenvalue weighted by Gasteiger charge is -2.02. The van der Waals surface area contributed by atoms with Crippen LogP contribution in [0.5, 0.6) is 0 Å². The molecule has 0 heterocycles. The van der Waals surface area contributed by atoms with E-state index in [1.807, 2.05) is 24.3 Å². The number of hydrogen-bond donors (Lipinski definition) is 1. The highest BCUT2D eigenvalue weighted by Crippen LogP contribution is 2.01. The van der Waals surface area contributed by atoms with Crippen LogP contribution >= 0.6 is 0 Å². The normalized spacial score (nSPS) is 11.0. The highest BCUT2D eigenvalue weighted by atomic mass is 16.5. The SMILES string of the molecule is OCC=CCCCOCc1ccccc1. The molecule has 0 fully saturated rings. The predicted octanol–water partition coefficient (Wildman–Crippen LogP) is 2.53. The Kier molecular flexibility index (Phi) is 6.54. The van der Waals surface area contributed by atoms with Gasteiger partial charge in [-0.25, -0.2) is 0 Å². The van der Waals surface area contributed by atoms with E-state index in [2.05, 4.69) is 12.1 Å². The molecule has 0 amide bonds. The van der Waals surface area contributed by atoms with Gasteiger partial charge in [-0.1, -0.05) is 42.5 Å². The van der Waals surface area contributed by atoms with E-state index in [0.717, 1.165) is 19.4 Å². The Morgan fingerprint density at radius 1 is 1.13 bits per heavy atom. The minimum absolute atomic E-state index is 0.130. The Labute approximate surface area is 91.2 Å². The number of allylic oxidation sites excluding steroid dienone is 1. The van der Waals surface area contributed by atoms with E-state index in [-0.39, 0.29) is 6.61 Å². The third kappa shape index (κ3) is 6.05. The number of unbranched alkanes of at least 4 members (excludes halogenated alkanes) is 1. The van der Waals surface area contributed by atoms with Crippen LogP contribution in [0.1, 0.15) is 18.4 Å². The van der Waals surface area contributed by atoms with Crippen molar-refractivity contribution in [2.75, 3.05) is 13.2 Å². The van der Waals surface area contributed by atoms with Crippen LogP contribution in [0, 0.1) is 0 Å². The molecule has 0 saturated heterocycles. The average molecular weight is 206 g/mol. The summed E-state index contributed by atoms with van der Waals surface area (Å²) in [7, 11) is 0. The van der Waals surface area contributed by atoms with Crippen molar-refractivity contribution in [2.45, 2.75) is 19.4 Å². The predicted molar refractivity (Wildman–Crippen MR) is 61.6 cm³/mol. The number of rotatable bonds is 7. The van der Waals surface area contributed by atoms with Crippen LogP contribution in [-0.4, -0.2) is 18.3 Å². The quantitative estimate of drug-likeness (QED) is 0.548. The van der Waals surface area contributed by atoms with Crippen molar-refractivity contribution in [1.29, 1.82) is 0 Å². The fraction of sp³-hybridized carbons (Fsp3) is 0.385. The smallest absolute Gasteiger partial charge is 0.0716 e. The summed E-state index contributed by atoms with van der Waals surface area (Å²) in [6.45, 7) is 1.58. The zero-order chi connectivity index (χ0) is 10.8. The molecule has 0 aliphatic heterocycles. The largest absolute Gasteiger partial charge is 0.392 e. The first-order valence-corrected chi connectivity index (χ1v) is 5.31. The molecule has 0 aliphatic carbocycles. The van der Waals surface area contributed by atoms with E-state index in [1.165, 1.54) is 5.56 Å². The molecule has 2 nitrogen and oxygen atoms in total. The fourth-order valence-electron chi connectivity index (χ4n) is 1.26. The third-order valence-corrected chi connectivity index (χ3v) is 2.04. The van der Waals surface area contributed by atoms with E-state index in [9.17, 15) is 0 Å².